The van der Waals surface area contributed by atoms with Crippen LogP contribution in [0.25, 0.3) is 11.3 Å². The predicted molar refractivity (Wildman–Crippen MR) is 150 cm³/mol. The Balaban J connectivity index is 1.78. The minimum atomic E-state index is -4.87. The van der Waals surface area contributed by atoms with Crippen LogP contribution in [0.2, 0.25) is 0 Å². The van der Waals surface area contributed by atoms with Crippen molar-refractivity contribution in [2.24, 2.45) is 0 Å². The smallest absolute Gasteiger partial charge is 0.378 e. The molecule has 1 aromatic carbocycles. The van der Waals surface area contributed by atoms with Gasteiger partial charge in [0.15, 0.2) is 0 Å². The van der Waals surface area contributed by atoms with Crippen molar-refractivity contribution in [1.29, 1.82) is 0 Å². The van der Waals surface area contributed by atoms with Crippen LogP contribution in [0.3, 0.4) is 0 Å². The van der Waals surface area contributed by atoms with Gasteiger partial charge >= 0.3 is 6.18 Å². The molecule has 1 atom stereocenters. The summed E-state index contributed by atoms with van der Waals surface area (Å²) >= 11 is 0. The van der Waals surface area contributed by atoms with Crippen LogP contribution in [0.15, 0.2) is 47.8 Å². The molecule has 0 aliphatic carbocycles. The van der Waals surface area contributed by atoms with Crippen LogP contribution >= 0.6 is 0 Å². The molecule has 10 nitrogen and oxygen atoms in total. The predicted octanol–water partition coefficient (Wildman–Crippen LogP) is 3.34. The first-order chi connectivity index (χ1) is 20.0. The third-order valence-electron chi connectivity index (χ3n) is 7.27. The van der Waals surface area contributed by atoms with Gasteiger partial charge in [0.2, 0.25) is 12.4 Å². The molecule has 14 heteroatoms. The molecule has 4 rings (SSSR count). The third-order valence-corrected chi connectivity index (χ3v) is 7.27. The number of rotatable bonds is 8. The molecule has 0 radical (unpaired) electrons. The monoisotopic (exact) mass is 591 g/mol. The van der Waals surface area contributed by atoms with E-state index < -0.39 is 29.0 Å². The summed E-state index contributed by atoms with van der Waals surface area (Å²) in [6.07, 6.45) is -1.79. The van der Waals surface area contributed by atoms with E-state index in [1.54, 1.807) is 0 Å². The molecule has 2 amide bonds. The minimum absolute atomic E-state index is 0.0340. The number of hydrogen-bond acceptors (Lipinski definition) is 8. The molecule has 3 heterocycles. The summed E-state index contributed by atoms with van der Waals surface area (Å²) < 4.78 is 62.5. The van der Waals surface area contributed by atoms with Crippen LogP contribution in [-0.4, -0.2) is 92.4 Å². The van der Waals surface area contributed by atoms with E-state index in [-0.39, 0.29) is 29.4 Å². The Morgan fingerprint density at radius 2 is 1.88 bits per heavy atom. The topological polar surface area (TPSA) is 103 Å². The average Bonchev–Trinajstić information content (AvgIpc) is 2.97. The number of benzene rings is 1. The standard InChI is InChI=1S/C28H33F4N7O3/c1-4-21(28(30,31)32)20(15-33-17-40)26(41)35-24-13-19(22(29)14-25(24)39-8-7-37(3)18(2)16-39)23-5-6-34-27(36-23)38-9-11-42-12-10-38/h4-6,13-15,17-18H,7-12,16H2,1-3H3,(H,33,40)(H,35,41)/b20-15+,21-4+. The fraction of sp³-hybridized carbons (Fsp3) is 0.429. The summed E-state index contributed by atoms with van der Waals surface area (Å²) in [5.41, 5.74) is -1.37. The first kappa shape index (κ1) is 30.9. The summed E-state index contributed by atoms with van der Waals surface area (Å²) in [5, 5.41) is 4.57. The second kappa shape index (κ2) is 13.3. The van der Waals surface area contributed by atoms with Crippen LogP contribution in [0.5, 0.6) is 0 Å². The summed E-state index contributed by atoms with van der Waals surface area (Å²) in [5.74, 6) is -1.37. The number of amides is 2. The van der Waals surface area contributed by atoms with Crippen molar-refractivity contribution in [1.82, 2.24) is 20.2 Å². The number of piperazine rings is 1. The summed E-state index contributed by atoms with van der Waals surface area (Å²) in [4.78, 5) is 39.0. The van der Waals surface area contributed by atoms with Gasteiger partial charge in [-0.25, -0.2) is 14.4 Å². The zero-order valence-corrected chi connectivity index (χ0v) is 23.5. The van der Waals surface area contributed by atoms with E-state index in [9.17, 15) is 22.8 Å². The SMILES string of the molecule is C/C=C(\C(=C/NC=O)C(=O)Nc1cc(-c2ccnc(N3CCOCC3)n2)c(F)cc1N1CCN(C)C(C)C1)C(F)(F)F. The Morgan fingerprint density at radius 1 is 1.14 bits per heavy atom. The summed E-state index contributed by atoms with van der Waals surface area (Å²) in [6.45, 7) is 6.89. The molecule has 1 aromatic heterocycles. The van der Waals surface area contributed by atoms with Gasteiger partial charge in [0.1, 0.15) is 5.82 Å². The van der Waals surface area contributed by atoms with Crippen molar-refractivity contribution in [2.45, 2.75) is 26.1 Å². The van der Waals surface area contributed by atoms with Gasteiger partial charge in [0, 0.05) is 56.7 Å². The highest BCUT2D eigenvalue weighted by atomic mass is 19.4. The van der Waals surface area contributed by atoms with Crippen molar-refractivity contribution >= 4 is 29.6 Å². The number of nitrogens with one attached hydrogen (secondary N) is 2. The molecule has 2 fully saturated rings. The number of allylic oxidation sites excluding steroid dienone is 1. The second-order valence-corrected chi connectivity index (χ2v) is 9.96. The Morgan fingerprint density at radius 3 is 2.52 bits per heavy atom. The van der Waals surface area contributed by atoms with Crippen molar-refractivity contribution in [3.8, 4) is 11.3 Å². The zero-order valence-electron chi connectivity index (χ0n) is 23.5. The van der Waals surface area contributed by atoms with E-state index in [1.807, 2.05) is 29.1 Å². The second-order valence-electron chi connectivity index (χ2n) is 9.96. The van der Waals surface area contributed by atoms with Crippen LogP contribution in [0.1, 0.15) is 13.8 Å². The lowest BCUT2D eigenvalue weighted by Gasteiger charge is -2.39. The van der Waals surface area contributed by atoms with Gasteiger partial charge in [-0.1, -0.05) is 6.08 Å². The highest BCUT2D eigenvalue weighted by Gasteiger charge is 2.38. The van der Waals surface area contributed by atoms with Crippen LogP contribution in [-0.2, 0) is 14.3 Å². The number of carbonyl (C=O) groups excluding carboxylic acids is 2. The molecule has 2 saturated heterocycles. The van der Waals surface area contributed by atoms with Gasteiger partial charge in [-0.2, -0.15) is 13.2 Å². The van der Waals surface area contributed by atoms with Gasteiger partial charge in [0.05, 0.1) is 41.4 Å². The van der Waals surface area contributed by atoms with Crippen LogP contribution < -0.4 is 20.4 Å². The molecule has 226 valence electrons. The van der Waals surface area contributed by atoms with Crippen LogP contribution in [0.4, 0.5) is 34.9 Å². The molecule has 2 aromatic rings. The van der Waals surface area contributed by atoms with Gasteiger partial charge in [-0.3, -0.25) is 9.59 Å². The number of nitrogens with zero attached hydrogens (tertiary/aromatic N) is 5. The van der Waals surface area contributed by atoms with E-state index in [0.29, 0.717) is 63.8 Å². The van der Waals surface area contributed by atoms with E-state index in [1.165, 1.54) is 24.4 Å². The maximum absolute atomic E-state index is 15.8. The summed E-state index contributed by atoms with van der Waals surface area (Å²) in [6, 6.07) is 4.24. The molecule has 0 saturated carbocycles. The Labute approximate surface area is 241 Å². The van der Waals surface area contributed by atoms with E-state index in [0.717, 1.165) is 13.0 Å². The molecule has 0 bridgehead atoms. The van der Waals surface area contributed by atoms with E-state index >= 15 is 4.39 Å². The quantitative estimate of drug-likeness (QED) is 0.209. The molecule has 42 heavy (non-hydrogen) atoms. The number of ether oxygens (including phenoxy) is 1. The number of halogens is 4. The van der Waals surface area contributed by atoms with Crippen molar-refractivity contribution in [3.05, 3.63) is 53.6 Å². The summed E-state index contributed by atoms with van der Waals surface area (Å²) in [7, 11) is 1.96. The average molecular weight is 592 g/mol. The van der Waals surface area contributed by atoms with E-state index in [4.69, 9.17) is 4.74 Å². The van der Waals surface area contributed by atoms with Crippen molar-refractivity contribution < 1.29 is 31.9 Å². The zero-order chi connectivity index (χ0) is 30.4. The molecule has 2 N–H and O–H groups in total. The largest absolute Gasteiger partial charge is 0.416 e. The number of carbonyl (C=O) groups is 2. The lowest BCUT2D eigenvalue weighted by Crippen LogP contribution is -2.50. The van der Waals surface area contributed by atoms with Gasteiger partial charge in [-0.15, -0.1) is 0 Å². The fourth-order valence-corrected chi connectivity index (χ4v) is 4.85. The van der Waals surface area contributed by atoms with Crippen molar-refractivity contribution in [2.75, 3.05) is 68.1 Å². The number of likely N-dealkylation sites (N-methyl/N-ethyl adjacent to an activating group) is 1. The molecule has 2 aliphatic heterocycles. The molecule has 0 spiro atoms. The normalized spacial score (nSPS) is 19.1. The first-order valence-corrected chi connectivity index (χ1v) is 13.4. The third kappa shape index (κ3) is 7.05. The number of anilines is 3. The maximum atomic E-state index is 15.8. The van der Waals surface area contributed by atoms with Crippen LogP contribution in [0, 0.1) is 5.82 Å². The van der Waals surface area contributed by atoms with Gasteiger partial charge < -0.3 is 30.1 Å². The van der Waals surface area contributed by atoms with Crippen molar-refractivity contribution in [3.63, 3.8) is 0 Å². The number of alkyl halides is 3. The molecule has 1 unspecified atom stereocenters. The van der Waals surface area contributed by atoms with E-state index in [2.05, 4.69) is 20.2 Å². The number of aromatic nitrogens is 2. The fourth-order valence-electron chi connectivity index (χ4n) is 4.85. The molecular weight excluding hydrogens is 558 g/mol. The number of morpholine rings is 1. The molecule has 2 aliphatic rings. The van der Waals surface area contributed by atoms with Gasteiger partial charge in [0.25, 0.3) is 5.91 Å². The minimum Gasteiger partial charge on any atom is -0.378 e. The maximum Gasteiger partial charge on any atom is 0.416 e. The lowest BCUT2D eigenvalue weighted by molar-refractivity contribution is -0.115. The first-order valence-electron chi connectivity index (χ1n) is 13.4. The lowest BCUT2D eigenvalue weighted by atomic mass is 10.0. The number of hydrogen-bond donors (Lipinski definition) is 2. The Kier molecular flexibility index (Phi) is 9.78. The van der Waals surface area contributed by atoms with Gasteiger partial charge in [-0.05, 0) is 39.1 Å². The Hall–Kier alpha value is -4.04. The highest BCUT2D eigenvalue weighted by Crippen LogP contribution is 2.37. The molecular formula is C28H33F4N7O3. The highest BCUT2D eigenvalue weighted by molar-refractivity contribution is 6.09. The Bertz CT molecular complexity index is 1360.